The zero-order valence-electron chi connectivity index (χ0n) is 15.5. The summed E-state index contributed by atoms with van der Waals surface area (Å²) in [5, 5.41) is 3.15. The minimum Gasteiger partial charge on any atom is -0.338 e. The van der Waals surface area contributed by atoms with E-state index in [0.717, 1.165) is 50.8 Å². The molecule has 1 aromatic rings. The number of carbonyl (C=O) groups is 1. The van der Waals surface area contributed by atoms with Gasteiger partial charge in [-0.15, -0.1) is 0 Å². The van der Waals surface area contributed by atoms with Crippen LogP contribution in [0.2, 0.25) is 0 Å². The average molecular weight is 380 g/mol. The number of amides is 1. The Bertz CT molecular complexity index is 712. The molecule has 1 aromatic carbocycles. The Labute approximate surface area is 156 Å². The number of nitrogens with zero attached hydrogens (tertiary/aromatic N) is 2. The van der Waals surface area contributed by atoms with Crippen molar-refractivity contribution in [3.05, 3.63) is 29.8 Å². The third-order valence-electron chi connectivity index (χ3n) is 5.37. The summed E-state index contributed by atoms with van der Waals surface area (Å²) in [6, 6.07) is 7.10. The monoisotopic (exact) mass is 379 g/mol. The van der Waals surface area contributed by atoms with Crippen LogP contribution in [-0.4, -0.2) is 62.8 Å². The van der Waals surface area contributed by atoms with Crippen LogP contribution >= 0.6 is 0 Å². The molecular formula is C19H29N3O3S. The van der Waals surface area contributed by atoms with Crippen LogP contribution in [0.1, 0.15) is 37.7 Å². The van der Waals surface area contributed by atoms with Gasteiger partial charge >= 0.3 is 0 Å². The first-order valence-electron chi connectivity index (χ1n) is 9.55. The van der Waals surface area contributed by atoms with E-state index in [9.17, 15) is 13.2 Å². The Morgan fingerprint density at radius 1 is 1.08 bits per heavy atom. The van der Waals surface area contributed by atoms with Gasteiger partial charge in [0.15, 0.2) is 0 Å². The summed E-state index contributed by atoms with van der Waals surface area (Å²) in [6.45, 7) is 2.83. The number of hydrogen-bond acceptors (Lipinski definition) is 4. The zero-order chi connectivity index (χ0) is 18.6. The molecule has 2 fully saturated rings. The van der Waals surface area contributed by atoms with Crippen LogP contribution in [0.5, 0.6) is 0 Å². The molecule has 1 unspecified atom stereocenters. The van der Waals surface area contributed by atoms with Gasteiger partial charge in [-0.25, -0.2) is 8.42 Å². The van der Waals surface area contributed by atoms with E-state index in [4.69, 9.17) is 0 Å². The van der Waals surface area contributed by atoms with Gasteiger partial charge in [0.1, 0.15) is 0 Å². The van der Waals surface area contributed by atoms with Gasteiger partial charge in [0, 0.05) is 32.2 Å². The molecule has 0 saturated carbocycles. The predicted octanol–water partition coefficient (Wildman–Crippen LogP) is 1.61. The quantitative estimate of drug-likeness (QED) is 0.815. The maximum atomic E-state index is 12.7. The van der Waals surface area contributed by atoms with Gasteiger partial charge in [0.25, 0.3) is 0 Å². The molecule has 2 aliphatic rings. The van der Waals surface area contributed by atoms with Crippen molar-refractivity contribution in [3.63, 3.8) is 0 Å². The minimum absolute atomic E-state index is 0.120. The molecule has 6 nitrogen and oxygen atoms in total. The number of piperidine rings is 1. The van der Waals surface area contributed by atoms with Crippen LogP contribution < -0.4 is 5.32 Å². The summed E-state index contributed by atoms with van der Waals surface area (Å²) in [4.78, 5) is 14.9. The lowest BCUT2D eigenvalue weighted by atomic mass is 10.1. The van der Waals surface area contributed by atoms with Gasteiger partial charge in [0.2, 0.25) is 15.9 Å². The Morgan fingerprint density at radius 2 is 1.77 bits per heavy atom. The first-order chi connectivity index (χ1) is 12.5. The smallest absolute Gasteiger partial charge is 0.243 e. The summed E-state index contributed by atoms with van der Waals surface area (Å²) in [6.07, 6.45) is 5.36. The van der Waals surface area contributed by atoms with Crippen molar-refractivity contribution in [1.29, 1.82) is 0 Å². The normalized spacial score (nSPS) is 21.9. The second-order valence-corrected chi connectivity index (χ2v) is 9.16. The minimum atomic E-state index is -3.41. The Balaban J connectivity index is 1.65. The molecule has 0 aromatic heterocycles. The summed E-state index contributed by atoms with van der Waals surface area (Å²) in [7, 11) is -1.50. The van der Waals surface area contributed by atoms with E-state index in [2.05, 4.69) is 5.32 Å². The molecular weight excluding hydrogens is 350 g/mol. The fraction of sp³-hybridized carbons (Fsp3) is 0.632. The van der Waals surface area contributed by atoms with E-state index < -0.39 is 10.0 Å². The van der Waals surface area contributed by atoms with Crippen molar-refractivity contribution in [2.75, 3.05) is 33.2 Å². The first-order valence-corrected chi connectivity index (χ1v) is 11.0. The molecule has 0 bridgehead atoms. The molecule has 1 atom stereocenters. The van der Waals surface area contributed by atoms with Gasteiger partial charge in [-0.3, -0.25) is 4.79 Å². The van der Waals surface area contributed by atoms with Gasteiger partial charge < -0.3 is 10.2 Å². The predicted molar refractivity (Wildman–Crippen MR) is 101 cm³/mol. The highest BCUT2D eigenvalue weighted by molar-refractivity contribution is 7.89. The molecule has 7 heteroatoms. The Morgan fingerprint density at radius 3 is 2.42 bits per heavy atom. The van der Waals surface area contributed by atoms with Crippen LogP contribution in [0.15, 0.2) is 29.2 Å². The molecule has 0 spiro atoms. The van der Waals surface area contributed by atoms with Gasteiger partial charge in [-0.05, 0) is 50.4 Å². The van der Waals surface area contributed by atoms with Crippen molar-refractivity contribution in [3.8, 4) is 0 Å². The Hall–Kier alpha value is -1.44. The first kappa shape index (κ1) is 19.3. The maximum Gasteiger partial charge on any atom is 0.243 e. The average Bonchev–Trinajstić information content (AvgIpc) is 3.12. The van der Waals surface area contributed by atoms with E-state index in [1.54, 1.807) is 28.6 Å². The fourth-order valence-electron chi connectivity index (χ4n) is 3.92. The number of likely N-dealkylation sites (tertiary alicyclic amines) is 1. The van der Waals surface area contributed by atoms with Crippen molar-refractivity contribution >= 4 is 15.9 Å². The lowest BCUT2D eigenvalue weighted by molar-refractivity contribution is -0.131. The second kappa shape index (κ2) is 8.50. The number of sulfonamides is 1. The van der Waals surface area contributed by atoms with Crippen LogP contribution in [0, 0.1) is 0 Å². The number of benzene rings is 1. The van der Waals surface area contributed by atoms with E-state index in [-0.39, 0.29) is 11.9 Å². The van der Waals surface area contributed by atoms with E-state index in [1.807, 2.05) is 11.9 Å². The van der Waals surface area contributed by atoms with Crippen LogP contribution in [0.4, 0.5) is 0 Å². The highest BCUT2D eigenvalue weighted by atomic mass is 32.2. The summed E-state index contributed by atoms with van der Waals surface area (Å²) < 4.78 is 26.9. The molecule has 2 saturated heterocycles. The van der Waals surface area contributed by atoms with E-state index in [0.29, 0.717) is 24.4 Å². The number of carbonyl (C=O) groups excluding carboxylic acids is 1. The number of hydrogen-bond donors (Lipinski definition) is 1. The van der Waals surface area contributed by atoms with Crippen LogP contribution in [0.25, 0.3) is 0 Å². The van der Waals surface area contributed by atoms with E-state index >= 15 is 0 Å². The molecule has 3 rings (SSSR count). The molecule has 0 aliphatic carbocycles. The highest BCUT2D eigenvalue weighted by Crippen LogP contribution is 2.22. The number of rotatable bonds is 6. The SMILES string of the molecule is CNCC1CCCN1C(=O)Cc1ccc(S(=O)(=O)N2CCCCC2)cc1. The standard InChI is InChI=1S/C19H29N3O3S/c1-20-15-17-6-5-13-22(17)19(23)14-16-7-9-18(10-8-16)26(24,25)21-11-3-2-4-12-21/h7-10,17,20H,2-6,11-15H2,1H3. The third kappa shape index (κ3) is 4.27. The second-order valence-electron chi connectivity index (χ2n) is 7.23. The topological polar surface area (TPSA) is 69.7 Å². The summed E-state index contributed by atoms with van der Waals surface area (Å²) in [5.41, 5.74) is 0.864. The van der Waals surface area contributed by atoms with Gasteiger partial charge in [0.05, 0.1) is 11.3 Å². The lowest BCUT2D eigenvalue weighted by Crippen LogP contribution is -2.41. The molecule has 0 radical (unpaired) electrons. The largest absolute Gasteiger partial charge is 0.338 e. The van der Waals surface area contributed by atoms with Gasteiger partial charge in [-0.2, -0.15) is 4.31 Å². The van der Waals surface area contributed by atoms with Gasteiger partial charge in [-0.1, -0.05) is 18.6 Å². The molecule has 2 aliphatic heterocycles. The molecule has 1 amide bonds. The highest BCUT2D eigenvalue weighted by Gasteiger charge is 2.28. The zero-order valence-corrected chi connectivity index (χ0v) is 16.3. The van der Waals surface area contributed by atoms with E-state index in [1.165, 1.54) is 0 Å². The maximum absolute atomic E-state index is 12.7. The number of likely N-dealkylation sites (N-methyl/N-ethyl adjacent to an activating group) is 1. The van der Waals surface area contributed by atoms with Crippen molar-refractivity contribution in [1.82, 2.24) is 14.5 Å². The van der Waals surface area contributed by atoms with Crippen LogP contribution in [-0.2, 0) is 21.2 Å². The summed E-state index contributed by atoms with van der Waals surface area (Å²) >= 11 is 0. The van der Waals surface area contributed by atoms with Crippen molar-refractivity contribution in [2.45, 2.75) is 49.5 Å². The Kier molecular flexibility index (Phi) is 6.32. The fourth-order valence-corrected chi connectivity index (χ4v) is 5.44. The summed E-state index contributed by atoms with van der Waals surface area (Å²) in [5.74, 6) is 0.120. The molecule has 144 valence electrons. The van der Waals surface area contributed by atoms with Crippen molar-refractivity contribution < 1.29 is 13.2 Å². The molecule has 26 heavy (non-hydrogen) atoms. The van der Waals surface area contributed by atoms with Crippen LogP contribution in [0.3, 0.4) is 0 Å². The lowest BCUT2D eigenvalue weighted by Gasteiger charge is -2.26. The number of nitrogens with one attached hydrogen (secondary N) is 1. The molecule has 1 N–H and O–H groups in total. The third-order valence-corrected chi connectivity index (χ3v) is 7.28. The van der Waals surface area contributed by atoms with Crippen molar-refractivity contribution in [2.24, 2.45) is 0 Å². The molecule has 2 heterocycles.